The minimum absolute atomic E-state index is 0.0142. The average molecular weight is 334 g/mol. The van der Waals surface area contributed by atoms with Gasteiger partial charge in [-0.1, -0.05) is 0 Å². The molecule has 15 heavy (non-hydrogen) atoms. The standard InChI is InChI=1S/C10H7IO3S/c1-14-10(13)9-8(12)6-4-5(11)2-3-7(6)15-9/h2-4,12H,1H3. The van der Waals surface area contributed by atoms with Crippen LogP contribution < -0.4 is 0 Å². The Bertz CT molecular complexity index is 533. The van der Waals surface area contributed by atoms with Gasteiger partial charge in [0.05, 0.1) is 7.11 Å². The molecule has 0 spiro atoms. The number of hydrogen-bond acceptors (Lipinski definition) is 4. The zero-order valence-corrected chi connectivity index (χ0v) is 10.8. The fourth-order valence-corrected chi connectivity index (χ4v) is 2.77. The third-order valence-electron chi connectivity index (χ3n) is 1.99. The van der Waals surface area contributed by atoms with Crippen LogP contribution >= 0.6 is 33.9 Å². The highest BCUT2D eigenvalue weighted by molar-refractivity contribution is 14.1. The molecule has 1 aromatic heterocycles. The lowest BCUT2D eigenvalue weighted by molar-refractivity contribution is 0.0603. The summed E-state index contributed by atoms with van der Waals surface area (Å²) in [4.78, 5) is 11.6. The average Bonchev–Trinajstić information content (AvgIpc) is 2.55. The second kappa shape index (κ2) is 3.97. The van der Waals surface area contributed by atoms with E-state index in [1.807, 2.05) is 18.2 Å². The van der Waals surface area contributed by atoms with Crippen molar-refractivity contribution in [3.63, 3.8) is 0 Å². The number of methoxy groups -OCH3 is 1. The maximum Gasteiger partial charge on any atom is 0.351 e. The van der Waals surface area contributed by atoms with Crippen LogP contribution in [0.2, 0.25) is 0 Å². The van der Waals surface area contributed by atoms with Gasteiger partial charge in [-0.2, -0.15) is 0 Å². The Kier molecular flexibility index (Phi) is 2.83. The molecule has 0 bridgehead atoms. The maximum absolute atomic E-state index is 11.3. The molecule has 78 valence electrons. The third kappa shape index (κ3) is 1.81. The molecule has 1 N–H and O–H groups in total. The topological polar surface area (TPSA) is 46.5 Å². The molecule has 0 unspecified atom stereocenters. The predicted molar refractivity (Wildman–Crippen MR) is 67.5 cm³/mol. The second-order valence-corrected chi connectivity index (χ2v) is 5.21. The van der Waals surface area contributed by atoms with Crippen LogP contribution in [0.5, 0.6) is 5.75 Å². The summed E-state index contributed by atoms with van der Waals surface area (Å²) in [6, 6.07) is 5.65. The van der Waals surface area contributed by atoms with Crippen molar-refractivity contribution in [1.82, 2.24) is 0 Å². The van der Waals surface area contributed by atoms with Crippen LogP contribution in [0.1, 0.15) is 9.67 Å². The number of halogens is 1. The van der Waals surface area contributed by atoms with Crippen molar-refractivity contribution >= 4 is 50.0 Å². The molecule has 2 aromatic rings. The molecule has 1 aromatic carbocycles. The predicted octanol–water partition coefficient (Wildman–Crippen LogP) is 3.00. The van der Waals surface area contributed by atoms with Crippen molar-refractivity contribution < 1.29 is 14.6 Å². The molecule has 0 aliphatic heterocycles. The fraction of sp³-hybridized carbons (Fsp3) is 0.100. The summed E-state index contributed by atoms with van der Waals surface area (Å²) >= 11 is 3.40. The van der Waals surface area contributed by atoms with Gasteiger partial charge in [0.15, 0.2) is 4.88 Å². The monoisotopic (exact) mass is 334 g/mol. The Morgan fingerprint density at radius 3 is 2.93 bits per heavy atom. The van der Waals surface area contributed by atoms with E-state index in [9.17, 15) is 9.90 Å². The normalized spacial score (nSPS) is 10.5. The number of aromatic hydroxyl groups is 1. The maximum atomic E-state index is 11.3. The Labute approximate surface area is 104 Å². The molecule has 2 rings (SSSR count). The van der Waals surface area contributed by atoms with Crippen LogP contribution in [0.3, 0.4) is 0 Å². The van der Waals surface area contributed by atoms with E-state index < -0.39 is 5.97 Å². The van der Waals surface area contributed by atoms with E-state index in [0.29, 0.717) is 5.39 Å². The van der Waals surface area contributed by atoms with Crippen molar-refractivity contribution in [2.75, 3.05) is 7.11 Å². The van der Waals surface area contributed by atoms with E-state index in [-0.39, 0.29) is 10.6 Å². The summed E-state index contributed by atoms with van der Waals surface area (Å²) in [5.41, 5.74) is 0. The number of thiophene rings is 1. The van der Waals surface area contributed by atoms with Gasteiger partial charge in [0, 0.05) is 13.7 Å². The van der Waals surface area contributed by atoms with Gasteiger partial charge in [-0.3, -0.25) is 0 Å². The number of carbonyl (C=O) groups is 1. The first-order valence-corrected chi connectivity index (χ1v) is 6.02. The fourth-order valence-electron chi connectivity index (χ4n) is 1.29. The van der Waals surface area contributed by atoms with Gasteiger partial charge in [0.1, 0.15) is 5.75 Å². The van der Waals surface area contributed by atoms with E-state index in [0.717, 1.165) is 8.27 Å². The Balaban J connectivity index is 2.69. The zero-order valence-electron chi connectivity index (χ0n) is 7.78. The number of carbonyl (C=O) groups excluding carboxylic acids is 1. The van der Waals surface area contributed by atoms with Gasteiger partial charge in [-0.25, -0.2) is 4.79 Å². The lowest BCUT2D eigenvalue weighted by Gasteiger charge is -1.95. The Morgan fingerprint density at radius 2 is 2.27 bits per heavy atom. The molecular weight excluding hydrogens is 327 g/mol. The zero-order chi connectivity index (χ0) is 11.0. The molecular formula is C10H7IO3S. The van der Waals surface area contributed by atoms with E-state index in [2.05, 4.69) is 27.3 Å². The first-order valence-electron chi connectivity index (χ1n) is 4.13. The molecule has 0 aliphatic carbocycles. The van der Waals surface area contributed by atoms with Crippen LogP contribution in [-0.4, -0.2) is 18.2 Å². The van der Waals surface area contributed by atoms with E-state index in [1.165, 1.54) is 18.4 Å². The molecule has 1 heterocycles. The summed E-state index contributed by atoms with van der Waals surface area (Å²) in [6.45, 7) is 0. The van der Waals surface area contributed by atoms with Gasteiger partial charge >= 0.3 is 5.97 Å². The molecule has 0 amide bonds. The number of hydrogen-bond donors (Lipinski definition) is 1. The van der Waals surface area contributed by atoms with Crippen LogP contribution in [-0.2, 0) is 4.74 Å². The van der Waals surface area contributed by atoms with Gasteiger partial charge in [-0.05, 0) is 40.8 Å². The van der Waals surface area contributed by atoms with Crippen molar-refractivity contribution in [1.29, 1.82) is 0 Å². The molecule has 0 radical (unpaired) electrons. The van der Waals surface area contributed by atoms with Crippen LogP contribution in [0.25, 0.3) is 10.1 Å². The molecule has 0 saturated heterocycles. The van der Waals surface area contributed by atoms with Crippen LogP contribution in [0, 0.1) is 3.57 Å². The number of ether oxygens (including phenoxy) is 1. The van der Waals surface area contributed by atoms with Gasteiger partial charge in [-0.15, -0.1) is 11.3 Å². The Morgan fingerprint density at radius 1 is 1.53 bits per heavy atom. The lowest BCUT2D eigenvalue weighted by Crippen LogP contribution is -1.97. The van der Waals surface area contributed by atoms with Gasteiger partial charge in [0.25, 0.3) is 0 Å². The quantitative estimate of drug-likeness (QED) is 0.644. The lowest BCUT2D eigenvalue weighted by atomic mass is 10.2. The molecule has 0 atom stereocenters. The molecule has 0 aliphatic rings. The first kappa shape index (κ1) is 10.7. The van der Waals surface area contributed by atoms with Crippen LogP contribution in [0.15, 0.2) is 18.2 Å². The summed E-state index contributed by atoms with van der Waals surface area (Å²) < 4.78 is 6.49. The highest BCUT2D eigenvalue weighted by atomic mass is 127. The summed E-state index contributed by atoms with van der Waals surface area (Å²) in [7, 11) is 1.30. The minimum atomic E-state index is -0.497. The molecule has 0 saturated carbocycles. The van der Waals surface area contributed by atoms with Crippen molar-refractivity contribution in [2.45, 2.75) is 0 Å². The number of rotatable bonds is 1. The Hall–Kier alpha value is -0.820. The van der Waals surface area contributed by atoms with Crippen molar-refractivity contribution in [3.8, 4) is 5.75 Å². The molecule has 0 fully saturated rings. The van der Waals surface area contributed by atoms with Gasteiger partial charge < -0.3 is 9.84 Å². The first-order chi connectivity index (χ1) is 7.13. The van der Waals surface area contributed by atoms with E-state index in [1.54, 1.807) is 0 Å². The van der Waals surface area contributed by atoms with Crippen molar-refractivity contribution in [2.24, 2.45) is 0 Å². The number of benzene rings is 1. The number of fused-ring (bicyclic) bond motifs is 1. The largest absolute Gasteiger partial charge is 0.505 e. The van der Waals surface area contributed by atoms with Gasteiger partial charge in [0.2, 0.25) is 0 Å². The van der Waals surface area contributed by atoms with E-state index >= 15 is 0 Å². The summed E-state index contributed by atoms with van der Waals surface area (Å²) in [5.74, 6) is -0.482. The van der Waals surface area contributed by atoms with E-state index in [4.69, 9.17) is 0 Å². The third-order valence-corrected chi connectivity index (χ3v) is 3.81. The second-order valence-electron chi connectivity index (χ2n) is 2.91. The summed E-state index contributed by atoms with van der Waals surface area (Å²) in [5, 5.41) is 10.5. The van der Waals surface area contributed by atoms with Crippen LogP contribution in [0.4, 0.5) is 0 Å². The SMILES string of the molecule is COC(=O)c1sc2ccc(I)cc2c1O. The number of esters is 1. The van der Waals surface area contributed by atoms with Crippen molar-refractivity contribution in [3.05, 3.63) is 26.6 Å². The highest BCUT2D eigenvalue weighted by Gasteiger charge is 2.18. The smallest absolute Gasteiger partial charge is 0.351 e. The minimum Gasteiger partial charge on any atom is -0.505 e. The molecule has 5 heteroatoms. The highest BCUT2D eigenvalue weighted by Crippen LogP contribution is 2.37. The summed E-state index contributed by atoms with van der Waals surface area (Å²) in [6.07, 6.45) is 0. The molecule has 3 nitrogen and oxygen atoms in total.